The minimum Gasteiger partial charge on any atom is -0.460 e. The van der Waals surface area contributed by atoms with E-state index in [-0.39, 0.29) is 12.4 Å². The first-order valence-electron chi connectivity index (χ1n) is 9.22. The van der Waals surface area contributed by atoms with Gasteiger partial charge in [0.25, 0.3) is 0 Å². The number of aryl methyl sites for hydroxylation is 1. The van der Waals surface area contributed by atoms with Crippen molar-refractivity contribution in [1.82, 2.24) is 5.32 Å². The number of ether oxygens (including phenoxy) is 2. The van der Waals surface area contributed by atoms with Crippen LogP contribution in [-0.2, 0) is 14.3 Å². The van der Waals surface area contributed by atoms with Crippen molar-refractivity contribution < 1.29 is 18.7 Å². The lowest BCUT2D eigenvalue weighted by Gasteiger charge is -2.37. The Balaban J connectivity index is 2.07. The van der Waals surface area contributed by atoms with E-state index in [1.165, 1.54) is 6.07 Å². The van der Waals surface area contributed by atoms with Crippen LogP contribution in [0.3, 0.4) is 0 Å². The van der Waals surface area contributed by atoms with Gasteiger partial charge in [0.15, 0.2) is 5.11 Å². The number of carbonyl (C=O) groups excluding carboxylic acids is 1. The molecule has 0 aromatic heterocycles. The molecule has 0 saturated heterocycles. The number of hydrogen-bond donors (Lipinski definition) is 1. The number of benzene rings is 2. The molecule has 2 aromatic carbocycles. The van der Waals surface area contributed by atoms with Crippen LogP contribution in [0.4, 0.5) is 10.1 Å². The molecule has 7 heteroatoms. The summed E-state index contributed by atoms with van der Waals surface area (Å²) < 4.78 is 24.5. The largest absolute Gasteiger partial charge is 0.460 e. The lowest BCUT2D eigenvalue weighted by molar-refractivity contribution is -0.140. The Morgan fingerprint density at radius 2 is 1.90 bits per heavy atom. The smallest absolute Gasteiger partial charge is 0.338 e. The lowest BCUT2D eigenvalue weighted by Crippen LogP contribution is -2.48. The molecule has 1 N–H and O–H groups in total. The second kappa shape index (κ2) is 9.15. The Morgan fingerprint density at radius 1 is 1.17 bits per heavy atom. The van der Waals surface area contributed by atoms with Gasteiger partial charge in [-0.2, -0.15) is 0 Å². The van der Waals surface area contributed by atoms with Gasteiger partial charge >= 0.3 is 5.97 Å². The van der Waals surface area contributed by atoms with Crippen molar-refractivity contribution in [2.45, 2.75) is 19.9 Å². The van der Waals surface area contributed by atoms with Crippen LogP contribution in [0.1, 0.15) is 24.1 Å². The summed E-state index contributed by atoms with van der Waals surface area (Å²) in [5.41, 5.74) is 2.96. The van der Waals surface area contributed by atoms with Gasteiger partial charge in [-0.05, 0) is 49.3 Å². The van der Waals surface area contributed by atoms with Crippen LogP contribution < -0.4 is 10.2 Å². The summed E-state index contributed by atoms with van der Waals surface area (Å²) in [7, 11) is 1.54. The van der Waals surface area contributed by atoms with Gasteiger partial charge in [-0.3, -0.25) is 4.90 Å². The van der Waals surface area contributed by atoms with Crippen molar-refractivity contribution >= 4 is 29.0 Å². The fourth-order valence-corrected chi connectivity index (χ4v) is 3.59. The molecule has 152 valence electrons. The van der Waals surface area contributed by atoms with Crippen molar-refractivity contribution in [3.8, 4) is 0 Å². The fourth-order valence-electron chi connectivity index (χ4n) is 3.23. The molecule has 1 heterocycles. The molecule has 1 aliphatic heterocycles. The van der Waals surface area contributed by atoms with Crippen molar-refractivity contribution in [2.24, 2.45) is 0 Å². The van der Waals surface area contributed by atoms with E-state index in [1.54, 1.807) is 38.0 Å². The average Bonchev–Trinajstić information content (AvgIpc) is 2.71. The van der Waals surface area contributed by atoms with Gasteiger partial charge in [0.2, 0.25) is 0 Å². The highest BCUT2D eigenvalue weighted by Gasteiger charge is 2.35. The van der Waals surface area contributed by atoms with E-state index in [9.17, 15) is 9.18 Å². The molecule has 0 radical (unpaired) electrons. The maximum atomic E-state index is 14.2. The zero-order valence-corrected chi connectivity index (χ0v) is 17.4. The molecule has 3 rings (SSSR count). The number of esters is 1. The standard InChI is InChI=1S/C22H23FN2O3S/c1-14-9-10-17(13-18(14)23)25-15(2)19(21(26)28-12-11-27-3)20(24-22(25)29)16-7-5-4-6-8-16/h4-10,13,20H,11-12H2,1-3H3,(H,24,29)/t20-/m1/s1. The minimum absolute atomic E-state index is 0.136. The average molecular weight is 415 g/mol. The maximum Gasteiger partial charge on any atom is 0.338 e. The summed E-state index contributed by atoms with van der Waals surface area (Å²) in [6, 6.07) is 13.9. The van der Waals surface area contributed by atoms with E-state index in [1.807, 2.05) is 30.3 Å². The van der Waals surface area contributed by atoms with Crippen molar-refractivity contribution in [2.75, 3.05) is 25.2 Å². The Morgan fingerprint density at radius 3 is 2.55 bits per heavy atom. The molecule has 1 aliphatic rings. The summed E-state index contributed by atoms with van der Waals surface area (Å²) in [5.74, 6) is -0.812. The Hall–Kier alpha value is -2.77. The van der Waals surface area contributed by atoms with Gasteiger partial charge in [0, 0.05) is 12.8 Å². The quantitative estimate of drug-likeness (QED) is 0.438. The SMILES string of the molecule is COCCOC(=O)C1=C(C)N(c2ccc(C)c(F)c2)C(=S)N[C@@H]1c1ccccc1. The van der Waals surface area contributed by atoms with Crippen LogP contribution in [0.25, 0.3) is 0 Å². The number of nitrogens with one attached hydrogen (secondary N) is 1. The number of nitrogens with zero attached hydrogens (tertiary/aromatic N) is 1. The van der Waals surface area contributed by atoms with Crippen LogP contribution in [0.2, 0.25) is 0 Å². The monoisotopic (exact) mass is 414 g/mol. The molecule has 2 aromatic rings. The third kappa shape index (κ3) is 4.46. The maximum absolute atomic E-state index is 14.2. The predicted molar refractivity (Wildman–Crippen MR) is 114 cm³/mol. The first-order chi connectivity index (χ1) is 13.9. The normalized spacial score (nSPS) is 16.6. The minimum atomic E-state index is -0.471. The molecule has 1 atom stereocenters. The highest BCUT2D eigenvalue weighted by molar-refractivity contribution is 7.80. The van der Waals surface area contributed by atoms with Crippen LogP contribution >= 0.6 is 12.2 Å². The molecule has 0 fully saturated rings. The molecule has 0 bridgehead atoms. The van der Waals surface area contributed by atoms with Crippen molar-refractivity contribution in [3.63, 3.8) is 0 Å². The van der Waals surface area contributed by atoms with Crippen LogP contribution in [0, 0.1) is 12.7 Å². The molecule has 0 saturated carbocycles. The van der Waals surface area contributed by atoms with E-state index in [0.29, 0.717) is 34.2 Å². The third-order valence-electron chi connectivity index (χ3n) is 4.77. The molecular formula is C22H23FN2O3S. The molecule has 0 unspecified atom stereocenters. The number of methoxy groups -OCH3 is 1. The molecular weight excluding hydrogens is 391 g/mol. The molecule has 0 spiro atoms. The van der Waals surface area contributed by atoms with Crippen LogP contribution in [-0.4, -0.2) is 31.4 Å². The zero-order chi connectivity index (χ0) is 21.0. The Bertz CT molecular complexity index is 946. The first kappa shape index (κ1) is 21.0. The van der Waals surface area contributed by atoms with Gasteiger partial charge in [0.05, 0.1) is 23.9 Å². The summed E-state index contributed by atoms with van der Waals surface area (Å²) in [4.78, 5) is 14.6. The van der Waals surface area contributed by atoms with E-state index in [4.69, 9.17) is 21.7 Å². The topological polar surface area (TPSA) is 50.8 Å². The number of carbonyl (C=O) groups is 1. The first-order valence-corrected chi connectivity index (χ1v) is 9.63. The predicted octanol–water partition coefficient (Wildman–Crippen LogP) is 4.03. The summed E-state index contributed by atoms with van der Waals surface area (Å²) >= 11 is 5.57. The van der Waals surface area contributed by atoms with E-state index < -0.39 is 12.0 Å². The number of thiocarbonyl (C=S) groups is 1. The van der Waals surface area contributed by atoms with E-state index in [2.05, 4.69) is 5.32 Å². The molecule has 5 nitrogen and oxygen atoms in total. The highest BCUT2D eigenvalue weighted by Crippen LogP contribution is 2.34. The van der Waals surface area contributed by atoms with Gasteiger partial charge in [0.1, 0.15) is 12.4 Å². The van der Waals surface area contributed by atoms with Crippen molar-refractivity contribution in [3.05, 3.63) is 76.7 Å². The fraction of sp³-hybridized carbons (Fsp3) is 0.273. The second-order valence-corrected chi connectivity index (χ2v) is 7.08. The van der Waals surface area contributed by atoms with Gasteiger partial charge in [-0.1, -0.05) is 36.4 Å². The summed E-state index contributed by atoms with van der Waals surface area (Å²) in [6.07, 6.45) is 0. The van der Waals surface area contributed by atoms with Crippen LogP contribution in [0.15, 0.2) is 59.8 Å². The number of allylic oxidation sites excluding steroid dienone is 1. The van der Waals surface area contributed by atoms with Gasteiger partial charge < -0.3 is 14.8 Å². The number of anilines is 1. The summed E-state index contributed by atoms with van der Waals surface area (Å²) in [5, 5.41) is 3.59. The molecule has 0 aliphatic carbocycles. The molecule has 29 heavy (non-hydrogen) atoms. The highest BCUT2D eigenvalue weighted by atomic mass is 32.1. The zero-order valence-electron chi connectivity index (χ0n) is 16.6. The van der Waals surface area contributed by atoms with Crippen LogP contribution in [0.5, 0.6) is 0 Å². The Labute approximate surface area is 175 Å². The Kier molecular flexibility index (Phi) is 6.61. The van der Waals surface area contributed by atoms with Crippen molar-refractivity contribution in [1.29, 1.82) is 0 Å². The number of halogens is 1. The number of rotatable bonds is 6. The number of hydrogen-bond acceptors (Lipinski definition) is 4. The third-order valence-corrected chi connectivity index (χ3v) is 5.07. The van der Waals surface area contributed by atoms with Gasteiger partial charge in [-0.25, -0.2) is 9.18 Å². The van der Waals surface area contributed by atoms with E-state index >= 15 is 0 Å². The molecule has 0 amide bonds. The summed E-state index contributed by atoms with van der Waals surface area (Å²) in [6.45, 7) is 3.91. The van der Waals surface area contributed by atoms with E-state index in [0.717, 1.165) is 5.56 Å². The lowest BCUT2D eigenvalue weighted by atomic mass is 9.95. The van der Waals surface area contributed by atoms with Gasteiger partial charge in [-0.15, -0.1) is 0 Å². The second-order valence-electron chi connectivity index (χ2n) is 6.69.